The van der Waals surface area contributed by atoms with Crippen LogP contribution in [0.15, 0.2) is 18.2 Å². The summed E-state index contributed by atoms with van der Waals surface area (Å²) in [6, 6.07) is 5.40. The molecular weight excluding hydrogens is 264 g/mol. The molecule has 0 unspecified atom stereocenters. The van der Waals surface area contributed by atoms with Crippen molar-refractivity contribution in [3.8, 4) is 5.75 Å². The molecule has 0 spiro atoms. The minimum Gasteiger partial charge on any atom is -0.492 e. The minimum atomic E-state index is -3.01. The zero-order chi connectivity index (χ0) is 13.9. The summed E-state index contributed by atoms with van der Waals surface area (Å²) in [6.07, 6.45) is 2.23. The molecule has 0 aromatic heterocycles. The first-order valence-electron chi connectivity index (χ1n) is 6.52. The highest BCUT2D eigenvalue weighted by molar-refractivity contribution is 7.91. The summed E-state index contributed by atoms with van der Waals surface area (Å²) in [5.41, 5.74) is 1.65. The molecule has 2 rings (SSSR count). The van der Waals surface area contributed by atoms with E-state index < -0.39 is 9.84 Å². The molecule has 0 bridgehead atoms. The number of ketones is 1. The lowest BCUT2D eigenvalue weighted by atomic mass is 9.90. The number of carbonyl (C=O) groups is 1. The lowest BCUT2D eigenvalue weighted by molar-refractivity contribution is 0.0971. The van der Waals surface area contributed by atoms with Crippen LogP contribution in [0.25, 0.3) is 0 Å². The second-order valence-corrected chi connectivity index (χ2v) is 7.12. The predicted octanol–water partition coefficient (Wildman–Crippen LogP) is 2.02. The van der Waals surface area contributed by atoms with Gasteiger partial charge in [-0.15, -0.1) is 0 Å². The third kappa shape index (κ3) is 3.35. The summed E-state index contributed by atoms with van der Waals surface area (Å²) in [4.78, 5) is 11.8. The van der Waals surface area contributed by atoms with Crippen molar-refractivity contribution in [2.75, 3.05) is 18.1 Å². The molecule has 0 saturated carbocycles. The van der Waals surface area contributed by atoms with Crippen molar-refractivity contribution in [1.82, 2.24) is 0 Å². The van der Waals surface area contributed by atoms with Crippen LogP contribution in [-0.4, -0.2) is 32.3 Å². The predicted molar refractivity (Wildman–Crippen MR) is 73.5 cm³/mol. The van der Waals surface area contributed by atoms with Crippen LogP contribution in [0.4, 0.5) is 0 Å². The van der Waals surface area contributed by atoms with E-state index in [1.807, 2.05) is 6.07 Å². The van der Waals surface area contributed by atoms with Crippen molar-refractivity contribution in [2.24, 2.45) is 0 Å². The Morgan fingerprint density at radius 3 is 2.79 bits per heavy atom. The first-order valence-corrected chi connectivity index (χ1v) is 8.34. The van der Waals surface area contributed by atoms with Gasteiger partial charge in [-0.3, -0.25) is 4.79 Å². The summed E-state index contributed by atoms with van der Waals surface area (Å²) in [5.74, 6) is 0.938. The lowest BCUT2D eigenvalue weighted by Gasteiger charge is -2.18. The van der Waals surface area contributed by atoms with E-state index in [4.69, 9.17) is 4.74 Å². The van der Waals surface area contributed by atoms with Crippen LogP contribution >= 0.6 is 0 Å². The number of carbonyl (C=O) groups excluding carboxylic acids is 1. The van der Waals surface area contributed by atoms with Crippen molar-refractivity contribution in [1.29, 1.82) is 0 Å². The Bertz CT molecular complexity index is 575. The average Bonchev–Trinajstić information content (AvgIpc) is 2.40. The third-order valence-corrected chi connectivity index (χ3v) is 5.02. The van der Waals surface area contributed by atoms with Gasteiger partial charge in [0.2, 0.25) is 0 Å². The molecule has 19 heavy (non-hydrogen) atoms. The van der Waals surface area contributed by atoms with Crippen molar-refractivity contribution in [2.45, 2.75) is 26.2 Å². The number of benzene rings is 1. The normalized spacial score (nSPS) is 15.1. The molecule has 0 heterocycles. The topological polar surface area (TPSA) is 60.4 Å². The molecule has 0 radical (unpaired) electrons. The van der Waals surface area contributed by atoms with E-state index in [-0.39, 0.29) is 23.9 Å². The van der Waals surface area contributed by atoms with Gasteiger partial charge in [0.25, 0.3) is 0 Å². The van der Waals surface area contributed by atoms with Gasteiger partial charge >= 0.3 is 0 Å². The molecule has 104 valence electrons. The van der Waals surface area contributed by atoms with Crippen molar-refractivity contribution < 1.29 is 17.9 Å². The van der Waals surface area contributed by atoms with E-state index >= 15 is 0 Å². The Morgan fingerprint density at radius 1 is 1.26 bits per heavy atom. The summed E-state index contributed by atoms with van der Waals surface area (Å²) in [5, 5.41) is 0. The van der Waals surface area contributed by atoms with Gasteiger partial charge in [0.1, 0.15) is 12.4 Å². The van der Waals surface area contributed by atoms with Crippen molar-refractivity contribution >= 4 is 15.6 Å². The molecule has 4 nitrogen and oxygen atoms in total. The molecular formula is C14H18O4S. The fourth-order valence-electron chi connectivity index (χ4n) is 2.20. The lowest BCUT2D eigenvalue weighted by Crippen LogP contribution is -2.17. The number of rotatable bonds is 5. The van der Waals surface area contributed by atoms with E-state index in [1.54, 1.807) is 19.1 Å². The highest BCUT2D eigenvalue weighted by atomic mass is 32.2. The summed E-state index contributed by atoms with van der Waals surface area (Å²) in [6.45, 7) is 1.76. The van der Waals surface area contributed by atoms with E-state index in [9.17, 15) is 13.2 Å². The number of hydrogen-bond acceptors (Lipinski definition) is 4. The molecule has 0 N–H and O–H groups in total. The van der Waals surface area contributed by atoms with Crippen LogP contribution < -0.4 is 4.74 Å². The second kappa shape index (κ2) is 5.74. The number of sulfone groups is 1. The monoisotopic (exact) mass is 282 g/mol. The molecule has 1 aliphatic rings. The summed E-state index contributed by atoms with van der Waals surface area (Å²) >= 11 is 0. The van der Waals surface area contributed by atoms with Gasteiger partial charge in [0, 0.05) is 23.3 Å². The maximum Gasteiger partial charge on any atom is 0.163 e. The zero-order valence-corrected chi connectivity index (χ0v) is 11.8. The molecule has 1 aliphatic carbocycles. The molecule has 5 heteroatoms. The smallest absolute Gasteiger partial charge is 0.163 e. The van der Waals surface area contributed by atoms with Gasteiger partial charge in [-0.05, 0) is 18.9 Å². The Balaban J connectivity index is 2.10. The fraction of sp³-hybridized carbons (Fsp3) is 0.500. The first-order chi connectivity index (χ1) is 9.03. The van der Waals surface area contributed by atoms with E-state index in [2.05, 4.69) is 0 Å². The zero-order valence-electron chi connectivity index (χ0n) is 11.0. The second-order valence-electron chi connectivity index (χ2n) is 4.64. The maximum atomic E-state index is 11.8. The van der Waals surface area contributed by atoms with Crippen LogP contribution in [0.5, 0.6) is 5.75 Å². The maximum absolute atomic E-state index is 11.8. The SMILES string of the molecule is CCS(=O)(=O)CCOc1cccc2c1CCCC2=O. The van der Waals surface area contributed by atoms with Gasteiger partial charge in [0.05, 0.1) is 5.75 Å². The Labute approximate surface area is 113 Å². The Morgan fingerprint density at radius 2 is 2.05 bits per heavy atom. The van der Waals surface area contributed by atoms with Gasteiger partial charge in [-0.25, -0.2) is 8.42 Å². The van der Waals surface area contributed by atoms with Gasteiger partial charge in [-0.1, -0.05) is 19.1 Å². The Hall–Kier alpha value is -1.36. The van der Waals surface area contributed by atoms with Crippen molar-refractivity contribution in [3.05, 3.63) is 29.3 Å². The van der Waals surface area contributed by atoms with Crippen molar-refractivity contribution in [3.63, 3.8) is 0 Å². The van der Waals surface area contributed by atoms with Crippen LogP contribution in [0.2, 0.25) is 0 Å². The standard InChI is InChI=1S/C14H18O4S/c1-2-19(16,17)10-9-18-14-8-4-5-11-12(14)6-3-7-13(11)15/h4-5,8H,2-3,6-7,9-10H2,1H3. The molecule has 1 aromatic rings. The molecule has 1 aromatic carbocycles. The largest absolute Gasteiger partial charge is 0.492 e. The number of Topliss-reactive ketones (excluding diaryl/α,β-unsaturated/α-hetero) is 1. The van der Waals surface area contributed by atoms with Crippen LogP contribution in [-0.2, 0) is 16.3 Å². The van der Waals surface area contributed by atoms with E-state index in [0.717, 1.165) is 24.0 Å². The number of fused-ring (bicyclic) bond motifs is 1. The number of ether oxygens (including phenoxy) is 1. The Kier molecular flexibility index (Phi) is 4.24. The molecule has 0 saturated heterocycles. The highest BCUT2D eigenvalue weighted by Gasteiger charge is 2.20. The van der Waals surface area contributed by atoms with Crippen LogP contribution in [0, 0.1) is 0 Å². The van der Waals surface area contributed by atoms with E-state index in [1.165, 1.54) is 0 Å². The van der Waals surface area contributed by atoms with E-state index in [0.29, 0.717) is 12.2 Å². The molecule has 0 amide bonds. The molecule has 0 aliphatic heterocycles. The minimum absolute atomic E-state index is 0.0150. The quantitative estimate of drug-likeness (QED) is 0.829. The average molecular weight is 282 g/mol. The van der Waals surface area contributed by atoms with Gasteiger partial charge in [0.15, 0.2) is 15.6 Å². The fourth-order valence-corrected chi connectivity index (χ4v) is 2.83. The first kappa shape index (κ1) is 14.1. The highest BCUT2D eigenvalue weighted by Crippen LogP contribution is 2.29. The molecule has 0 fully saturated rings. The van der Waals surface area contributed by atoms with Gasteiger partial charge < -0.3 is 4.74 Å². The summed E-state index contributed by atoms with van der Waals surface area (Å²) in [7, 11) is -3.01. The molecule has 0 atom stereocenters. The van der Waals surface area contributed by atoms with Crippen LogP contribution in [0.1, 0.15) is 35.7 Å². The summed E-state index contributed by atoms with van der Waals surface area (Å²) < 4.78 is 28.4. The van der Waals surface area contributed by atoms with Gasteiger partial charge in [-0.2, -0.15) is 0 Å². The third-order valence-electron chi connectivity index (χ3n) is 3.36. The number of hydrogen-bond donors (Lipinski definition) is 0. The van der Waals surface area contributed by atoms with Crippen LogP contribution in [0.3, 0.4) is 0 Å².